The summed E-state index contributed by atoms with van der Waals surface area (Å²) in [6.07, 6.45) is 3.94. The summed E-state index contributed by atoms with van der Waals surface area (Å²) in [5, 5.41) is 3.51. The Hall–Kier alpha value is -1.67. The molecule has 0 aliphatic rings. The van der Waals surface area contributed by atoms with E-state index >= 15 is 0 Å². The lowest BCUT2D eigenvalue weighted by Crippen LogP contribution is -2.22. The van der Waals surface area contributed by atoms with Crippen LogP contribution >= 0.6 is 0 Å². The van der Waals surface area contributed by atoms with E-state index in [1.807, 2.05) is 6.20 Å². The van der Waals surface area contributed by atoms with Gasteiger partial charge in [-0.3, -0.25) is 4.98 Å². The van der Waals surface area contributed by atoms with E-state index in [2.05, 4.69) is 68.3 Å². The van der Waals surface area contributed by atoms with Gasteiger partial charge in [-0.05, 0) is 36.1 Å². The Balaban J connectivity index is 2.18. The van der Waals surface area contributed by atoms with Crippen molar-refractivity contribution in [1.29, 1.82) is 0 Å². The second-order valence-electron chi connectivity index (χ2n) is 6.00. The van der Waals surface area contributed by atoms with Crippen molar-refractivity contribution in [3.05, 3.63) is 64.5 Å². The molecule has 0 aliphatic carbocycles. The number of hydrogen-bond donors (Lipinski definition) is 1. The fourth-order valence-electron chi connectivity index (χ4n) is 2.37. The van der Waals surface area contributed by atoms with Gasteiger partial charge in [0, 0.05) is 30.9 Å². The first-order valence-electron chi connectivity index (χ1n) is 7.84. The van der Waals surface area contributed by atoms with Crippen LogP contribution in [0.4, 0.5) is 0 Å². The molecule has 1 aromatic heterocycles. The average molecular weight is 282 g/mol. The van der Waals surface area contributed by atoms with E-state index in [1.54, 1.807) is 0 Å². The third-order valence-electron chi connectivity index (χ3n) is 3.73. The van der Waals surface area contributed by atoms with Crippen LogP contribution in [0, 0.1) is 6.92 Å². The molecule has 1 N–H and O–H groups in total. The molecule has 0 unspecified atom stereocenters. The highest BCUT2D eigenvalue weighted by Crippen LogP contribution is 2.16. The Labute approximate surface area is 128 Å². The van der Waals surface area contributed by atoms with Gasteiger partial charge in [0.2, 0.25) is 0 Å². The fraction of sp³-hybridized carbons (Fsp3) is 0.421. The van der Waals surface area contributed by atoms with Gasteiger partial charge in [0.1, 0.15) is 0 Å². The molecule has 0 radical (unpaired) electrons. The molecule has 2 aromatic rings. The number of rotatable bonds is 6. The maximum absolute atomic E-state index is 4.59. The van der Waals surface area contributed by atoms with Crippen LogP contribution in [0.5, 0.6) is 0 Å². The van der Waals surface area contributed by atoms with Crippen molar-refractivity contribution in [1.82, 2.24) is 10.3 Å². The smallest absolute Gasteiger partial charge is 0.0447 e. The Kier molecular flexibility index (Phi) is 5.51. The summed E-state index contributed by atoms with van der Waals surface area (Å²) < 4.78 is 0. The predicted molar refractivity (Wildman–Crippen MR) is 89.6 cm³/mol. The lowest BCUT2D eigenvalue weighted by Gasteiger charge is -2.13. The third-order valence-corrected chi connectivity index (χ3v) is 3.73. The van der Waals surface area contributed by atoms with Crippen LogP contribution in [0.15, 0.2) is 36.5 Å². The molecule has 0 aliphatic heterocycles. The van der Waals surface area contributed by atoms with Gasteiger partial charge in [-0.1, -0.05) is 50.6 Å². The summed E-state index contributed by atoms with van der Waals surface area (Å²) in [6.45, 7) is 9.59. The summed E-state index contributed by atoms with van der Waals surface area (Å²) in [4.78, 5) is 4.59. The maximum atomic E-state index is 4.59. The highest BCUT2D eigenvalue weighted by atomic mass is 14.9. The van der Waals surface area contributed by atoms with Gasteiger partial charge in [-0.15, -0.1) is 0 Å². The maximum Gasteiger partial charge on any atom is 0.0447 e. The molecule has 0 amide bonds. The van der Waals surface area contributed by atoms with E-state index in [9.17, 15) is 0 Å². The molecule has 1 aromatic carbocycles. The van der Waals surface area contributed by atoms with Crippen molar-refractivity contribution in [2.45, 2.75) is 53.1 Å². The Morgan fingerprint density at radius 3 is 2.52 bits per heavy atom. The lowest BCUT2D eigenvalue weighted by molar-refractivity contribution is 0.586. The van der Waals surface area contributed by atoms with Gasteiger partial charge >= 0.3 is 0 Å². The molecule has 21 heavy (non-hydrogen) atoms. The van der Waals surface area contributed by atoms with Gasteiger partial charge in [0.05, 0.1) is 0 Å². The second kappa shape index (κ2) is 7.37. The number of nitrogens with zero attached hydrogens (tertiary/aromatic N) is 1. The van der Waals surface area contributed by atoms with Crippen LogP contribution in [-0.4, -0.2) is 11.0 Å². The Morgan fingerprint density at radius 2 is 1.90 bits per heavy atom. The van der Waals surface area contributed by atoms with Gasteiger partial charge in [-0.2, -0.15) is 0 Å². The van der Waals surface area contributed by atoms with Crippen molar-refractivity contribution in [2.24, 2.45) is 0 Å². The van der Waals surface area contributed by atoms with E-state index in [0.717, 1.165) is 25.1 Å². The first-order valence-corrected chi connectivity index (χ1v) is 7.84. The standard InChI is InChI=1S/C19H26N2/c1-5-16-7-9-19(21-12-16)11-18-10-15(4)6-8-17(18)13-20-14(2)3/h6-10,12,14,20H,5,11,13H2,1-4H3. The first-order chi connectivity index (χ1) is 10.1. The van der Waals surface area contributed by atoms with Crippen molar-refractivity contribution in [2.75, 3.05) is 0 Å². The summed E-state index contributed by atoms with van der Waals surface area (Å²) in [7, 11) is 0. The quantitative estimate of drug-likeness (QED) is 0.865. The van der Waals surface area contributed by atoms with Crippen molar-refractivity contribution in [3.63, 3.8) is 0 Å². The minimum atomic E-state index is 0.501. The number of hydrogen-bond acceptors (Lipinski definition) is 2. The largest absolute Gasteiger partial charge is 0.310 e. The van der Waals surface area contributed by atoms with Crippen molar-refractivity contribution in [3.8, 4) is 0 Å². The van der Waals surface area contributed by atoms with Gasteiger partial charge in [0.15, 0.2) is 0 Å². The molecule has 112 valence electrons. The lowest BCUT2D eigenvalue weighted by atomic mass is 9.99. The number of benzene rings is 1. The molecule has 0 saturated carbocycles. The topological polar surface area (TPSA) is 24.9 Å². The number of nitrogens with one attached hydrogen (secondary N) is 1. The molecular formula is C19H26N2. The Bertz CT molecular complexity index is 571. The summed E-state index contributed by atoms with van der Waals surface area (Å²) in [6, 6.07) is 11.5. The third kappa shape index (κ3) is 4.68. The van der Waals surface area contributed by atoms with E-state index < -0.39 is 0 Å². The molecule has 0 fully saturated rings. The fourth-order valence-corrected chi connectivity index (χ4v) is 2.37. The number of aryl methyl sites for hydroxylation is 2. The molecule has 0 atom stereocenters. The second-order valence-corrected chi connectivity index (χ2v) is 6.00. The zero-order chi connectivity index (χ0) is 15.2. The van der Waals surface area contributed by atoms with E-state index in [0.29, 0.717) is 6.04 Å². The van der Waals surface area contributed by atoms with Gasteiger partial charge in [-0.25, -0.2) is 0 Å². The summed E-state index contributed by atoms with van der Waals surface area (Å²) in [5.41, 5.74) is 6.49. The van der Waals surface area contributed by atoms with Crippen LogP contribution in [0.3, 0.4) is 0 Å². The van der Waals surface area contributed by atoms with Crippen molar-refractivity contribution < 1.29 is 0 Å². The molecule has 0 bridgehead atoms. The van der Waals surface area contributed by atoms with E-state index in [-0.39, 0.29) is 0 Å². The first kappa shape index (κ1) is 15.7. The van der Waals surface area contributed by atoms with E-state index in [4.69, 9.17) is 0 Å². The van der Waals surface area contributed by atoms with E-state index in [1.165, 1.54) is 22.3 Å². The minimum Gasteiger partial charge on any atom is -0.310 e. The number of pyridine rings is 1. The minimum absolute atomic E-state index is 0.501. The molecule has 0 saturated heterocycles. The average Bonchev–Trinajstić information content (AvgIpc) is 2.47. The van der Waals surface area contributed by atoms with Crippen LogP contribution < -0.4 is 5.32 Å². The molecule has 1 heterocycles. The monoisotopic (exact) mass is 282 g/mol. The highest BCUT2D eigenvalue weighted by Gasteiger charge is 2.06. The summed E-state index contributed by atoms with van der Waals surface area (Å²) in [5.74, 6) is 0. The van der Waals surface area contributed by atoms with Gasteiger partial charge in [0.25, 0.3) is 0 Å². The SMILES string of the molecule is CCc1ccc(Cc2cc(C)ccc2CNC(C)C)nc1. The zero-order valence-electron chi connectivity index (χ0n) is 13.6. The molecule has 0 spiro atoms. The zero-order valence-corrected chi connectivity index (χ0v) is 13.6. The predicted octanol–water partition coefficient (Wildman–Crippen LogP) is 4.04. The Morgan fingerprint density at radius 1 is 1.10 bits per heavy atom. The molecule has 2 heteroatoms. The van der Waals surface area contributed by atoms with Crippen molar-refractivity contribution >= 4 is 0 Å². The highest BCUT2D eigenvalue weighted by molar-refractivity contribution is 5.34. The molecule has 2 rings (SSSR count). The normalized spacial score (nSPS) is 11.1. The number of aromatic nitrogens is 1. The van der Waals surface area contributed by atoms with Crippen LogP contribution in [0.2, 0.25) is 0 Å². The van der Waals surface area contributed by atoms with Crippen LogP contribution in [-0.2, 0) is 19.4 Å². The van der Waals surface area contributed by atoms with Crippen LogP contribution in [0.1, 0.15) is 48.7 Å². The molecular weight excluding hydrogens is 256 g/mol. The summed E-state index contributed by atoms with van der Waals surface area (Å²) >= 11 is 0. The van der Waals surface area contributed by atoms with Crippen LogP contribution in [0.25, 0.3) is 0 Å². The molecule has 2 nitrogen and oxygen atoms in total. The van der Waals surface area contributed by atoms with Gasteiger partial charge < -0.3 is 5.32 Å².